The van der Waals surface area contributed by atoms with Gasteiger partial charge >= 0.3 is 0 Å². The Morgan fingerprint density at radius 2 is 2.15 bits per heavy atom. The number of imidazole rings is 1. The number of nitrogens with zero attached hydrogens (tertiary/aromatic N) is 3. The fourth-order valence-corrected chi connectivity index (χ4v) is 2.73. The molecule has 0 fully saturated rings. The van der Waals surface area contributed by atoms with Gasteiger partial charge in [0.05, 0.1) is 11.0 Å². The number of hydrogen-bond acceptors (Lipinski definition) is 4. The van der Waals surface area contributed by atoms with E-state index in [1.54, 1.807) is 6.20 Å². The van der Waals surface area contributed by atoms with Crippen LogP contribution in [-0.2, 0) is 5.41 Å². The summed E-state index contributed by atoms with van der Waals surface area (Å²) in [6.45, 7) is 5.46. The molecule has 2 aromatic heterocycles. The number of rotatable bonds is 1. The van der Waals surface area contributed by atoms with Crippen LogP contribution in [0.1, 0.15) is 19.4 Å². The molecule has 5 heteroatoms. The molecule has 2 N–H and O–H groups in total. The predicted octanol–water partition coefficient (Wildman–Crippen LogP) is 2.72. The molecule has 20 heavy (non-hydrogen) atoms. The van der Waals surface area contributed by atoms with Crippen molar-refractivity contribution in [3.05, 3.63) is 36.3 Å². The van der Waals surface area contributed by atoms with Gasteiger partial charge in [-0.2, -0.15) is 0 Å². The van der Waals surface area contributed by atoms with Gasteiger partial charge in [0.25, 0.3) is 0 Å². The second-order valence-electron chi connectivity index (χ2n) is 5.83. The van der Waals surface area contributed by atoms with Crippen molar-refractivity contribution >= 4 is 16.7 Å². The minimum atomic E-state index is 0.156. The molecule has 0 atom stereocenters. The van der Waals surface area contributed by atoms with Crippen LogP contribution < -0.4 is 5.32 Å². The molecule has 0 saturated heterocycles. The van der Waals surface area contributed by atoms with Gasteiger partial charge in [-0.25, -0.2) is 15.0 Å². The van der Waals surface area contributed by atoms with Gasteiger partial charge in [-0.05, 0) is 23.8 Å². The Labute approximate surface area is 116 Å². The highest BCUT2D eigenvalue weighted by Gasteiger charge is 2.30. The normalized spacial score (nSPS) is 16.1. The Morgan fingerprint density at radius 3 is 2.95 bits per heavy atom. The number of nitrogens with one attached hydrogen (secondary N) is 2. The highest BCUT2D eigenvalue weighted by atomic mass is 15.0. The first-order valence-electron chi connectivity index (χ1n) is 6.68. The average molecular weight is 265 g/mol. The zero-order valence-corrected chi connectivity index (χ0v) is 11.4. The van der Waals surface area contributed by atoms with E-state index in [4.69, 9.17) is 0 Å². The third-order valence-electron chi connectivity index (χ3n) is 3.90. The molecule has 4 rings (SSSR count). The van der Waals surface area contributed by atoms with Gasteiger partial charge in [0.1, 0.15) is 12.0 Å². The first kappa shape index (κ1) is 11.4. The Morgan fingerprint density at radius 1 is 1.25 bits per heavy atom. The number of aromatic nitrogens is 4. The average Bonchev–Trinajstić information content (AvgIpc) is 2.99. The van der Waals surface area contributed by atoms with E-state index in [0.29, 0.717) is 0 Å². The van der Waals surface area contributed by atoms with Crippen LogP contribution in [0.5, 0.6) is 0 Å². The van der Waals surface area contributed by atoms with Crippen molar-refractivity contribution in [3.8, 4) is 11.5 Å². The minimum absolute atomic E-state index is 0.156. The molecule has 0 amide bonds. The molecule has 3 aromatic rings. The molecule has 5 nitrogen and oxygen atoms in total. The zero-order valence-electron chi connectivity index (χ0n) is 11.4. The third kappa shape index (κ3) is 1.59. The Bertz CT molecular complexity index is 789. The first-order chi connectivity index (χ1) is 9.63. The van der Waals surface area contributed by atoms with E-state index in [1.165, 1.54) is 17.6 Å². The van der Waals surface area contributed by atoms with Crippen LogP contribution in [0.2, 0.25) is 0 Å². The smallest absolute Gasteiger partial charge is 0.157 e. The van der Waals surface area contributed by atoms with Crippen LogP contribution in [0.15, 0.2) is 30.7 Å². The lowest BCUT2D eigenvalue weighted by atomic mass is 9.87. The van der Waals surface area contributed by atoms with Crippen molar-refractivity contribution in [2.24, 2.45) is 0 Å². The Balaban J connectivity index is 1.90. The second-order valence-corrected chi connectivity index (χ2v) is 5.83. The maximum Gasteiger partial charge on any atom is 0.157 e. The van der Waals surface area contributed by atoms with Crippen molar-refractivity contribution in [3.63, 3.8) is 0 Å². The summed E-state index contributed by atoms with van der Waals surface area (Å²) in [6, 6.07) is 6.16. The molecule has 0 bridgehead atoms. The van der Waals surface area contributed by atoms with E-state index in [0.717, 1.165) is 29.1 Å². The van der Waals surface area contributed by atoms with E-state index in [-0.39, 0.29) is 5.41 Å². The summed E-state index contributed by atoms with van der Waals surface area (Å²) >= 11 is 0. The molecule has 1 aliphatic heterocycles. The summed E-state index contributed by atoms with van der Waals surface area (Å²) in [5, 5.41) is 3.45. The summed E-state index contributed by atoms with van der Waals surface area (Å²) in [5.41, 5.74) is 5.50. The first-order valence-corrected chi connectivity index (χ1v) is 6.68. The van der Waals surface area contributed by atoms with Gasteiger partial charge in [-0.15, -0.1) is 0 Å². The van der Waals surface area contributed by atoms with Crippen LogP contribution in [0, 0.1) is 0 Å². The van der Waals surface area contributed by atoms with Crippen LogP contribution >= 0.6 is 0 Å². The molecule has 0 unspecified atom stereocenters. The van der Waals surface area contributed by atoms with Gasteiger partial charge < -0.3 is 10.3 Å². The largest absolute Gasteiger partial charge is 0.384 e. The molecule has 1 aliphatic rings. The molecule has 0 radical (unpaired) electrons. The summed E-state index contributed by atoms with van der Waals surface area (Å²) in [4.78, 5) is 16.1. The molecule has 0 spiro atoms. The van der Waals surface area contributed by atoms with Gasteiger partial charge in [0, 0.05) is 23.8 Å². The Hall–Kier alpha value is -2.43. The minimum Gasteiger partial charge on any atom is -0.384 e. The van der Waals surface area contributed by atoms with E-state index in [2.05, 4.69) is 51.2 Å². The summed E-state index contributed by atoms with van der Waals surface area (Å²) in [5.74, 6) is 0.781. The standard InChI is InChI=1S/C15H15N5/c1-15(2)7-17-11-6-13-12(5-9(11)15)19-14(20-13)10-3-4-16-8-18-10/h3-6,8,17H,7H2,1-2H3,(H,19,20). The maximum absolute atomic E-state index is 4.62. The van der Waals surface area contributed by atoms with Crippen LogP contribution in [0.3, 0.4) is 0 Å². The molecular weight excluding hydrogens is 250 g/mol. The fraction of sp³-hybridized carbons (Fsp3) is 0.267. The molecule has 1 aromatic carbocycles. The summed E-state index contributed by atoms with van der Waals surface area (Å²) < 4.78 is 0. The topological polar surface area (TPSA) is 66.5 Å². The summed E-state index contributed by atoms with van der Waals surface area (Å²) in [7, 11) is 0. The number of fused-ring (bicyclic) bond motifs is 2. The molecule has 0 saturated carbocycles. The molecule has 3 heterocycles. The van der Waals surface area contributed by atoms with Crippen molar-refractivity contribution in [2.45, 2.75) is 19.3 Å². The highest BCUT2D eigenvalue weighted by Crippen LogP contribution is 2.38. The zero-order chi connectivity index (χ0) is 13.7. The van der Waals surface area contributed by atoms with Crippen molar-refractivity contribution in [1.82, 2.24) is 19.9 Å². The van der Waals surface area contributed by atoms with Gasteiger partial charge in [0.15, 0.2) is 5.82 Å². The number of aromatic amines is 1. The van der Waals surface area contributed by atoms with Crippen LogP contribution in [-0.4, -0.2) is 26.5 Å². The molecular formula is C15H15N5. The predicted molar refractivity (Wildman–Crippen MR) is 78.6 cm³/mol. The third-order valence-corrected chi connectivity index (χ3v) is 3.90. The van der Waals surface area contributed by atoms with E-state index >= 15 is 0 Å². The second kappa shape index (κ2) is 3.79. The SMILES string of the molecule is CC1(C)CNc2cc3nc(-c4ccncn4)[nH]c3cc21. The summed E-state index contributed by atoms with van der Waals surface area (Å²) in [6.07, 6.45) is 3.26. The Kier molecular flexibility index (Phi) is 2.16. The lowest BCUT2D eigenvalue weighted by Gasteiger charge is -2.16. The van der Waals surface area contributed by atoms with Crippen molar-refractivity contribution < 1.29 is 0 Å². The van der Waals surface area contributed by atoms with Gasteiger partial charge in [-0.1, -0.05) is 13.8 Å². The number of anilines is 1. The monoisotopic (exact) mass is 265 g/mol. The number of H-pyrrole nitrogens is 1. The van der Waals surface area contributed by atoms with Gasteiger partial charge in [0.2, 0.25) is 0 Å². The fourth-order valence-electron chi connectivity index (χ4n) is 2.73. The maximum atomic E-state index is 4.62. The lowest BCUT2D eigenvalue weighted by molar-refractivity contribution is 0.586. The van der Waals surface area contributed by atoms with Crippen LogP contribution in [0.4, 0.5) is 5.69 Å². The number of hydrogen-bond donors (Lipinski definition) is 2. The quantitative estimate of drug-likeness (QED) is 0.710. The lowest BCUT2D eigenvalue weighted by Crippen LogP contribution is -2.18. The van der Waals surface area contributed by atoms with E-state index in [1.807, 2.05) is 6.07 Å². The highest BCUT2D eigenvalue weighted by molar-refractivity contribution is 5.85. The van der Waals surface area contributed by atoms with Crippen molar-refractivity contribution in [1.29, 1.82) is 0 Å². The van der Waals surface area contributed by atoms with E-state index < -0.39 is 0 Å². The van der Waals surface area contributed by atoms with Gasteiger partial charge in [-0.3, -0.25) is 0 Å². The molecule has 0 aliphatic carbocycles. The number of benzene rings is 1. The molecule has 100 valence electrons. The van der Waals surface area contributed by atoms with Crippen molar-refractivity contribution in [2.75, 3.05) is 11.9 Å². The van der Waals surface area contributed by atoms with E-state index in [9.17, 15) is 0 Å². The van der Waals surface area contributed by atoms with Crippen LogP contribution in [0.25, 0.3) is 22.6 Å².